The van der Waals surface area contributed by atoms with Crippen molar-refractivity contribution in [2.45, 2.75) is 32.6 Å². The molecule has 0 atom stereocenters. The van der Waals surface area contributed by atoms with Crippen molar-refractivity contribution >= 4 is 10.8 Å². The molecule has 0 nitrogen and oxygen atoms in total. The molecule has 0 unspecified atom stereocenters. The molecular weight excluding hydrogens is 252 g/mol. The first-order valence-corrected chi connectivity index (χ1v) is 7.71. The van der Waals surface area contributed by atoms with E-state index in [1.165, 1.54) is 27.5 Å². The molecule has 0 heterocycles. The summed E-state index contributed by atoms with van der Waals surface area (Å²) in [5.41, 5.74) is 4.26. The highest BCUT2D eigenvalue weighted by atomic mass is 14.2. The van der Waals surface area contributed by atoms with Crippen LogP contribution >= 0.6 is 0 Å². The molecule has 0 N–H and O–H groups in total. The van der Waals surface area contributed by atoms with E-state index in [-0.39, 0.29) is 5.41 Å². The van der Waals surface area contributed by atoms with Gasteiger partial charge in [-0.1, -0.05) is 87.5 Å². The normalized spacial score (nSPS) is 11.8. The van der Waals surface area contributed by atoms with Crippen LogP contribution in [0.2, 0.25) is 0 Å². The van der Waals surface area contributed by atoms with Crippen molar-refractivity contribution in [2.24, 2.45) is 0 Å². The van der Waals surface area contributed by atoms with Gasteiger partial charge < -0.3 is 0 Å². The van der Waals surface area contributed by atoms with Gasteiger partial charge in [-0.05, 0) is 39.3 Å². The van der Waals surface area contributed by atoms with Crippen molar-refractivity contribution in [3.8, 4) is 11.1 Å². The van der Waals surface area contributed by atoms with E-state index in [1.54, 1.807) is 0 Å². The summed E-state index contributed by atoms with van der Waals surface area (Å²) in [6.45, 7) is 6.92. The lowest BCUT2D eigenvalue weighted by atomic mass is 9.78. The quantitative estimate of drug-likeness (QED) is 0.534. The molecule has 3 rings (SSSR count). The Morgan fingerprint density at radius 1 is 0.714 bits per heavy atom. The Hall–Kier alpha value is -2.08. The third-order valence-electron chi connectivity index (χ3n) is 4.62. The van der Waals surface area contributed by atoms with E-state index in [0.29, 0.717) is 0 Å². The van der Waals surface area contributed by atoms with Gasteiger partial charge in [-0.25, -0.2) is 0 Å². The van der Waals surface area contributed by atoms with Crippen LogP contribution in [-0.2, 0) is 5.41 Å². The Labute approximate surface area is 127 Å². The Bertz CT molecular complexity index is 751. The average molecular weight is 274 g/mol. The number of hydrogen-bond donors (Lipinski definition) is 0. The van der Waals surface area contributed by atoms with Crippen molar-refractivity contribution in [1.29, 1.82) is 0 Å². The van der Waals surface area contributed by atoms with Gasteiger partial charge >= 0.3 is 0 Å². The van der Waals surface area contributed by atoms with Crippen LogP contribution in [0.1, 0.15) is 32.8 Å². The van der Waals surface area contributed by atoms with E-state index in [4.69, 9.17) is 0 Å². The van der Waals surface area contributed by atoms with Gasteiger partial charge in [0.1, 0.15) is 0 Å². The predicted octanol–water partition coefficient (Wildman–Crippen LogP) is 6.19. The largest absolute Gasteiger partial charge is 0.0646 e. The van der Waals surface area contributed by atoms with Crippen LogP contribution in [0.5, 0.6) is 0 Å². The highest BCUT2D eigenvalue weighted by molar-refractivity contribution is 5.99. The molecule has 0 radical (unpaired) electrons. The number of benzene rings is 3. The molecule has 0 aliphatic heterocycles. The van der Waals surface area contributed by atoms with Crippen molar-refractivity contribution in [1.82, 2.24) is 0 Å². The average Bonchev–Trinajstić information content (AvgIpc) is 2.54. The molecule has 0 bridgehead atoms. The maximum Gasteiger partial charge on any atom is -0.0100 e. The molecular formula is C21H22. The first-order chi connectivity index (χ1) is 10.1. The molecule has 3 aromatic rings. The topological polar surface area (TPSA) is 0 Å². The highest BCUT2D eigenvalue weighted by Gasteiger charge is 2.21. The van der Waals surface area contributed by atoms with Crippen LogP contribution in [0.4, 0.5) is 0 Å². The summed E-state index contributed by atoms with van der Waals surface area (Å²) in [6.07, 6.45) is 1.14. The van der Waals surface area contributed by atoms with Crippen LogP contribution in [0.25, 0.3) is 21.9 Å². The summed E-state index contributed by atoms with van der Waals surface area (Å²) in [6, 6.07) is 24.0. The highest BCUT2D eigenvalue weighted by Crippen LogP contribution is 2.37. The van der Waals surface area contributed by atoms with Crippen LogP contribution in [0.3, 0.4) is 0 Å². The van der Waals surface area contributed by atoms with E-state index in [9.17, 15) is 0 Å². The fourth-order valence-electron chi connectivity index (χ4n) is 2.95. The predicted molar refractivity (Wildman–Crippen MR) is 92.7 cm³/mol. The van der Waals surface area contributed by atoms with Crippen LogP contribution in [0.15, 0.2) is 66.7 Å². The third kappa shape index (κ3) is 2.47. The summed E-state index contributed by atoms with van der Waals surface area (Å²) in [5.74, 6) is 0. The van der Waals surface area contributed by atoms with E-state index >= 15 is 0 Å². The minimum Gasteiger partial charge on any atom is -0.0646 e. The minimum atomic E-state index is 0.203. The minimum absolute atomic E-state index is 0.203. The van der Waals surface area contributed by atoms with Gasteiger partial charge in [-0.3, -0.25) is 0 Å². The van der Waals surface area contributed by atoms with Gasteiger partial charge in [0.2, 0.25) is 0 Å². The number of rotatable bonds is 3. The van der Waals surface area contributed by atoms with Crippen molar-refractivity contribution in [3.05, 3.63) is 72.3 Å². The molecule has 0 saturated carbocycles. The summed E-state index contributed by atoms with van der Waals surface area (Å²) >= 11 is 0. The second kappa shape index (κ2) is 5.37. The van der Waals surface area contributed by atoms with Crippen LogP contribution in [-0.4, -0.2) is 0 Å². The van der Waals surface area contributed by atoms with Crippen LogP contribution in [0, 0.1) is 0 Å². The molecule has 3 aromatic carbocycles. The lowest BCUT2D eigenvalue weighted by Crippen LogP contribution is -2.15. The number of hydrogen-bond acceptors (Lipinski definition) is 0. The van der Waals surface area contributed by atoms with E-state index in [1.807, 2.05) is 0 Å². The smallest absolute Gasteiger partial charge is 0.0100 e. The maximum atomic E-state index is 2.33. The third-order valence-corrected chi connectivity index (χ3v) is 4.62. The zero-order valence-corrected chi connectivity index (χ0v) is 13.1. The standard InChI is InChI=1S/C21H22/c1-4-21(2,3)20-15-14-17(16-10-6-5-7-11-16)18-12-8-9-13-19(18)20/h5-15H,4H2,1-3H3. The maximum absolute atomic E-state index is 2.33. The van der Waals surface area contributed by atoms with E-state index < -0.39 is 0 Å². The van der Waals surface area contributed by atoms with Gasteiger partial charge in [-0.15, -0.1) is 0 Å². The first-order valence-electron chi connectivity index (χ1n) is 7.71. The van der Waals surface area contributed by atoms with Crippen LogP contribution < -0.4 is 0 Å². The van der Waals surface area contributed by atoms with E-state index in [2.05, 4.69) is 87.5 Å². The first kappa shape index (κ1) is 13.9. The summed E-state index contributed by atoms with van der Waals surface area (Å²) in [7, 11) is 0. The SMILES string of the molecule is CCC(C)(C)c1ccc(-c2ccccc2)c2ccccc12. The second-order valence-electron chi connectivity index (χ2n) is 6.31. The molecule has 106 valence electrons. The summed E-state index contributed by atoms with van der Waals surface area (Å²) in [4.78, 5) is 0. The fraction of sp³-hybridized carbons (Fsp3) is 0.238. The molecule has 0 fully saturated rings. The van der Waals surface area contributed by atoms with Crippen molar-refractivity contribution in [3.63, 3.8) is 0 Å². The Kier molecular flexibility index (Phi) is 3.55. The van der Waals surface area contributed by atoms with Gasteiger partial charge in [0.05, 0.1) is 0 Å². The fourth-order valence-corrected chi connectivity index (χ4v) is 2.95. The molecule has 0 aliphatic rings. The molecule has 0 heteroatoms. The monoisotopic (exact) mass is 274 g/mol. The number of fused-ring (bicyclic) bond motifs is 1. The van der Waals surface area contributed by atoms with Gasteiger partial charge in [-0.2, -0.15) is 0 Å². The van der Waals surface area contributed by atoms with Crippen molar-refractivity contribution in [2.75, 3.05) is 0 Å². The Balaban J connectivity index is 2.30. The molecule has 0 saturated heterocycles. The second-order valence-corrected chi connectivity index (χ2v) is 6.31. The zero-order chi connectivity index (χ0) is 14.9. The summed E-state index contributed by atoms with van der Waals surface area (Å²) in [5, 5.41) is 2.73. The van der Waals surface area contributed by atoms with Crippen molar-refractivity contribution < 1.29 is 0 Å². The van der Waals surface area contributed by atoms with Gasteiger partial charge in [0.25, 0.3) is 0 Å². The van der Waals surface area contributed by atoms with E-state index in [0.717, 1.165) is 6.42 Å². The lowest BCUT2D eigenvalue weighted by molar-refractivity contribution is 0.511. The molecule has 0 aromatic heterocycles. The molecule has 0 amide bonds. The Morgan fingerprint density at radius 2 is 1.33 bits per heavy atom. The molecule has 0 spiro atoms. The summed E-state index contributed by atoms with van der Waals surface area (Å²) < 4.78 is 0. The zero-order valence-electron chi connectivity index (χ0n) is 13.1. The van der Waals surface area contributed by atoms with Gasteiger partial charge in [0, 0.05) is 0 Å². The Morgan fingerprint density at radius 3 is 2.00 bits per heavy atom. The lowest BCUT2D eigenvalue weighted by Gasteiger charge is -2.26. The van der Waals surface area contributed by atoms with Gasteiger partial charge in [0.15, 0.2) is 0 Å². The molecule has 0 aliphatic carbocycles. The molecule has 21 heavy (non-hydrogen) atoms.